The highest BCUT2D eigenvalue weighted by atomic mass is 35.5. The first-order valence-electron chi connectivity index (χ1n) is 4.84. The highest BCUT2D eigenvalue weighted by Crippen LogP contribution is 2.35. The molecule has 1 saturated heterocycles. The van der Waals surface area contributed by atoms with Gasteiger partial charge in [0.2, 0.25) is 5.91 Å². The van der Waals surface area contributed by atoms with E-state index in [0.717, 1.165) is 0 Å². The van der Waals surface area contributed by atoms with Gasteiger partial charge in [-0.05, 0) is 6.07 Å². The Hall–Kier alpha value is -1.33. The third-order valence-corrected chi connectivity index (χ3v) is 3.16. The summed E-state index contributed by atoms with van der Waals surface area (Å²) in [5.74, 6) is -2.04. The number of nitrogens with zero attached hydrogens (tertiary/aromatic N) is 2. The SMILES string of the molecule is O=C(O)C1CC(=O)N(c2c(Cl)ccnc2Cl)C1. The summed E-state index contributed by atoms with van der Waals surface area (Å²) in [5.41, 5.74) is 0.282. The van der Waals surface area contributed by atoms with E-state index in [1.165, 1.54) is 17.2 Å². The quantitative estimate of drug-likeness (QED) is 0.836. The Bertz CT molecular complexity index is 472. The number of hydrogen-bond acceptors (Lipinski definition) is 3. The van der Waals surface area contributed by atoms with E-state index < -0.39 is 11.9 Å². The Balaban J connectivity index is 2.35. The third-order valence-electron chi connectivity index (χ3n) is 2.57. The van der Waals surface area contributed by atoms with Crippen LogP contribution in [0.5, 0.6) is 0 Å². The summed E-state index contributed by atoms with van der Waals surface area (Å²) in [7, 11) is 0. The molecule has 1 fully saturated rings. The molecule has 17 heavy (non-hydrogen) atoms. The van der Waals surface area contributed by atoms with Crippen molar-refractivity contribution in [1.82, 2.24) is 4.98 Å². The summed E-state index contributed by atoms with van der Waals surface area (Å²) in [5, 5.41) is 9.25. The molecule has 1 amide bonds. The fraction of sp³-hybridized carbons (Fsp3) is 0.300. The van der Waals surface area contributed by atoms with E-state index in [2.05, 4.69) is 4.98 Å². The van der Waals surface area contributed by atoms with Crippen LogP contribution in [-0.4, -0.2) is 28.5 Å². The van der Waals surface area contributed by atoms with Gasteiger partial charge in [-0.15, -0.1) is 0 Å². The number of hydrogen-bond donors (Lipinski definition) is 1. The zero-order valence-electron chi connectivity index (χ0n) is 8.56. The number of rotatable bonds is 2. The van der Waals surface area contributed by atoms with Crippen molar-refractivity contribution in [2.24, 2.45) is 5.92 Å². The molecular formula is C10H8Cl2N2O3. The zero-order valence-corrected chi connectivity index (χ0v) is 10.1. The summed E-state index contributed by atoms with van der Waals surface area (Å²) in [6.45, 7) is 0.0688. The van der Waals surface area contributed by atoms with Gasteiger partial charge >= 0.3 is 5.97 Å². The van der Waals surface area contributed by atoms with Crippen LogP contribution in [0.4, 0.5) is 5.69 Å². The number of carboxylic acid groups (broad SMARTS) is 1. The topological polar surface area (TPSA) is 70.5 Å². The molecule has 90 valence electrons. The van der Waals surface area contributed by atoms with Crippen LogP contribution in [0.2, 0.25) is 10.2 Å². The first-order chi connectivity index (χ1) is 8.00. The van der Waals surface area contributed by atoms with Gasteiger partial charge in [-0.25, -0.2) is 4.98 Å². The van der Waals surface area contributed by atoms with E-state index >= 15 is 0 Å². The molecule has 1 aromatic heterocycles. The molecule has 0 bridgehead atoms. The van der Waals surface area contributed by atoms with E-state index in [0.29, 0.717) is 0 Å². The minimum Gasteiger partial charge on any atom is -0.481 e. The second kappa shape index (κ2) is 4.50. The van der Waals surface area contributed by atoms with E-state index in [1.54, 1.807) is 0 Å². The molecule has 0 saturated carbocycles. The van der Waals surface area contributed by atoms with Crippen molar-refractivity contribution in [1.29, 1.82) is 0 Å². The van der Waals surface area contributed by atoms with Crippen molar-refractivity contribution in [3.8, 4) is 0 Å². The number of anilines is 1. The monoisotopic (exact) mass is 274 g/mol. The molecule has 1 aromatic rings. The van der Waals surface area contributed by atoms with Crippen LogP contribution in [0.25, 0.3) is 0 Å². The van der Waals surface area contributed by atoms with E-state index in [4.69, 9.17) is 28.3 Å². The van der Waals surface area contributed by atoms with Gasteiger partial charge in [-0.3, -0.25) is 9.59 Å². The molecule has 2 heterocycles. The Labute approximate surface area is 107 Å². The molecule has 0 radical (unpaired) electrons. The van der Waals surface area contributed by atoms with Crippen molar-refractivity contribution in [3.05, 3.63) is 22.4 Å². The molecular weight excluding hydrogens is 267 g/mol. The summed E-state index contributed by atoms with van der Waals surface area (Å²) in [4.78, 5) is 27.6. The number of carbonyl (C=O) groups is 2. The molecule has 0 aliphatic carbocycles. The van der Waals surface area contributed by atoms with Crippen LogP contribution < -0.4 is 4.90 Å². The number of carbonyl (C=O) groups excluding carboxylic acids is 1. The van der Waals surface area contributed by atoms with Crippen LogP contribution in [0.3, 0.4) is 0 Å². The van der Waals surface area contributed by atoms with Crippen LogP contribution >= 0.6 is 23.2 Å². The van der Waals surface area contributed by atoms with E-state index in [-0.39, 0.29) is 34.7 Å². The van der Waals surface area contributed by atoms with Gasteiger partial charge in [-0.2, -0.15) is 0 Å². The second-order valence-corrected chi connectivity index (χ2v) is 4.44. The number of carboxylic acids is 1. The van der Waals surface area contributed by atoms with Crippen molar-refractivity contribution in [2.75, 3.05) is 11.4 Å². The van der Waals surface area contributed by atoms with E-state index in [9.17, 15) is 9.59 Å². The predicted molar refractivity (Wildman–Crippen MR) is 62.4 cm³/mol. The molecule has 1 aliphatic heterocycles. The Kier molecular flexibility index (Phi) is 3.22. The fourth-order valence-electron chi connectivity index (χ4n) is 1.74. The van der Waals surface area contributed by atoms with Crippen molar-refractivity contribution >= 4 is 40.8 Å². The van der Waals surface area contributed by atoms with Crippen molar-refractivity contribution in [2.45, 2.75) is 6.42 Å². The smallest absolute Gasteiger partial charge is 0.308 e. The lowest BCUT2D eigenvalue weighted by molar-refractivity contribution is -0.141. The molecule has 0 aromatic carbocycles. The van der Waals surface area contributed by atoms with Gasteiger partial charge in [0.05, 0.1) is 10.9 Å². The van der Waals surface area contributed by atoms with Crippen molar-refractivity contribution < 1.29 is 14.7 Å². The highest BCUT2D eigenvalue weighted by Gasteiger charge is 2.36. The molecule has 0 spiro atoms. The Morgan fingerprint density at radius 1 is 1.53 bits per heavy atom. The Morgan fingerprint density at radius 3 is 2.76 bits per heavy atom. The minimum atomic E-state index is -1.00. The molecule has 5 nitrogen and oxygen atoms in total. The van der Waals surface area contributed by atoms with Gasteiger partial charge in [-0.1, -0.05) is 23.2 Å². The molecule has 1 atom stereocenters. The number of amides is 1. The number of halogens is 2. The zero-order chi connectivity index (χ0) is 12.6. The minimum absolute atomic E-state index is 0.0448. The number of aromatic nitrogens is 1. The van der Waals surface area contributed by atoms with Gasteiger partial charge < -0.3 is 10.0 Å². The van der Waals surface area contributed by atoms with Crippen LogP contribution in [0.15, 0.2) is 12.3 Å². The largest absolute Gasteiger partial charge is 0.481 e. The maximum atomic E-state index is 11.7. The maximum Gasteiger partial charge on any atom is 0.308 e. The summed E-state index contributed by atoms with van der Waals surface area (Å²) >= 11 is 11.8. The standard InChI is InChI=1S/C10H8Cl2N2O3/c11-6-1-2-13-9(12)8(6)14-4-5(10(16)17)3-7(14)15/h1-2,5H,3-4H2,(H,16,17). The molecule has 1 aliphatic rings. The van der Waals surface area contributed by atoms with Crippen LogP contribution in [-0.2, 0) is 9.59 Å². The lowest BCUT2D eigenvalue weighted by Gasteiger charge is -2.18. The van der Waals surface area contributed by atoms with Gasteiger partial charge in [0.25, 0.3) is 0 Å². The molecule has 1 N–H and O–H groups in total. The van der Waals surface area contributed by atoms with Crippen molar-refractivity contribution in [3.63, 3.8) is 0 Å². The average Bonchev–Trinajstić information content (AvgIpc) is 2.61. The van der Waals surface area contributed by atoms with Gasteiger partial charge in [0, 0.05) is 19.2 Å². The van der Waals surface area contributed by atoms with Crippen LogP contribution in [0.1, 0.15) is 6.42 Å². The van der Waals surface area contributed by atoms with Gasteiger partial charge in [0.15, 0.2) is 5.15 Å². The third kappa shape index (κ3) is 2.21. The fourth-order valence-corrected chi connectivity index (χ4v) is 2.29. The first-order valence-corrected chi connectivity index (χ1v) is 5.59. The summed E-state index contributed by atoms with van der Waals surface area (Å²) < 4.78 is 0. The van der Waals surface area contributed by atoms with E-state index in [1.807, 2.05) is 0 Å². The summed E-state index contributed by atoms with van der Waals surface area (Å²) in [6.07, 6.45) is 1.38. The van der Waals surface area contributed by atoms with Gasteiger partial charge in [0.1, 0.15) is 5.69 Å². The second-order valence-electron chi connectivity index (χ2n) is 3.68. The predicted octanol–water partition coefficient (Wildman–Crippen LogP) is 1.83. The van der Waals surface area contributed by atoms with Crippen LogP contribution in [0, 0.1) is 5.92 Å². The molecule has 1 unspecified atom stereocenters. The number of pyridine rings is 1. The Morgan fingerprint density at radius 2 is 2.24 bits per heavy atom. The number of aliphatic carboxylic acids is 1. The lowest BCUT2D eigenvalue weighted by Crippen LogP contribution is -2.26. The lowest BCUT2D eigenvalue weighted by atomic mass is 10.1. The molecule has 7 heteroatoms. The average molecular weight is 275 g/mol. The maximum absolute atomic E-state index is 11.7. The first kappa shape index (κ1) is 12.1. The summed E-state index contributed by atoms with van der Waals surface area (Å²) in [6, 6.07) is 1.50. The normalized spacial score (nSPS) is 19.8. The highest BCUT2D eigenvalue weighted by molar-refractivity contribution is 6.39. The molecule has 2 rings (SSSR count).